The minimum Gasteiger partial charge on any atom is -0.550 e. The summed E-state index contributed by atoms with van der Waals surface area (Å²) in [5.74, 6) is -1.05. The van der Waals surface area contributed by atoms with Gasteiger partial charge >= 0.3 is 29.6 Å². The Balaban J connectivity index is 0. The molecular weight excluding hydrogens is 541 g/mol. The van der Waals surface area contributed by atoms with Crippen LogP contribution in [0, 0.1) is 0 Å². The van der Waals surface area contributed by atoms with Crippen LogP contribution >= 0.6 is 0 Å². The molecule has 0 radical (unpaired) electrons. The predicted octanol–water partition coefficient (Wildman–Crippen LogP) is 0.147. The molecule has 0 aliphatic heterocycles. The van der Waals surface area contributed by atoms with Gasteiger partial charge in [-0.3, -0.25) is 0 Å². The molecule has 0 saturated carbocycles. The average molecular weight is 602 g/mol. The summed E-state index contributed by atoms with van der Waals surface area (Å²) in [6.45, 7) is 11.1. The van der Waals surface area contributed by atoms with E-state index >= 15 is 0 Å². The summed E-state index contributed by atoms with van der Waals surface area (Å²) in [6.07, 6.45) is 14.9. The number of unbranched alkanes of at least 4 members (excludes halogenated alkanes) is 10. The number of nitrogens with one attached hydrogen (secondary N) is 1. The standard InChI is InChI=1S/C30H61NO9.Na/c1-2-3-4-5-6-7-8-9-10-11-12-16-34-18-20-36-22-24-38-26-28-40-29-27-39-25-23-37-21-19-35-17-15-31-14-13-30(32)33;/h31H,2-29H2,1H3,(H,32,33);/q;+1/p-1. The molecule has 240 valence electrons. The molecule has 0 aromatic heterocycles. The summed E-state index contributed by atoms with van der Waals surface area (Å²) in [5.41, 5.74) is 0. The quantitative estimate of drug-likeness (QED) is 0.0786. The van der Waals surface area contributed by atoms with Crippen molar-refractivity contribution in [3.8, 4) is 0 Å². The number of carbonyl (C=O) groups excluding carboxylic acids is 1. The molecule has 0 aromatic rings. The molecular formula is C30H60NNaO9. The second kappa shape index (κ2) is 40.1. The summed E-state index contributed by atoms with van der Waals surface area (Å²) >= 11 is 0. The smallest absolute Gasteiger partial charge is 0.550 e. The van der Waals surface area contributed by atoms with Crippen LogP contribution in [-0.4, -0.2) is 112 Å². The Hall–Kier alpha value is 0.150. The van der Waals surface area contributed by atoms with Crippen molar-refractivity contribution >= 4 is 5.97 Å². The van der Waals surface area contributed by atoms with E-state index in [2.05, 4.69) is 12.2 Å². The van der Waals surface area contributed by atoms with E-state index in [1.54, 1.807) is 0 Å². The maximum absolute atomic E-state index is 10.2. The number of rotatable bonds is 36. The fraction of sp³-hybridized carbons (Fsp3) is 0.967. The zero-order valence-corrected chi connectivity index (χ0v) is 28.5. The van der Waals surface area contributed by atoms with Crippen LogP contribution in [0.4, 0.5) is 0 Å². The number of carbonyl (C=O) groups is 1. The third-order valence-electron chi connectivity index (χ3n) is 6.05. The van der Waals surface area contributed by atoms with Gasteiger partial charge in [0.2, 0.25) is 0 Å². The SMILES string of the molecule is CCCCCCCCCCCCCOCCOCCOCCOCCOCCOCCOCCNCCC(=O)[O-].[Na+]. The Labute approximate surface area is 272 Å². The summed E-state index contributed by atoms with van der Waals surface area (Å²) in [5, 5.41) is 13.2. The zero-order valence-electron chi connectivity index (χ0n) is 26.5. The number of hydrogen-bond donors (Lipinski definition) is 1. The van der Waals surface area contributed by atoms with Crippen molar-refractivity contribution in [2.45, 2.75) is 84.0 Å². The van der Waals surface area contributed by atoms with Gasteiger partial charge in [-0.15, -0.1) is 0 Å². The van der Waals surface area contributed by atoms with Crippen molar-refractivity contribution in [2.24, 2.45) is 0 Å². The van der Waals surface area contributed by atoms with Crippen LogP contribution in [0.2, 0.25) is 0 Å². The maximum Gasteiger partial charge on any atom is 1.00 e. The van der Waals surface area contributed by atoms with E-state index in [0.717, 1.165) is 13.0 Å². The van der Waals surface area contributed by atoms with E-state index in [1.165, 1.54) is 64.2 Å². The summed E-state index contributed by atoms with van der Waals surface area (Å²) in [4.78, 5) is 10.2. The van der Waals surface area contributed by atoms with Crippen LogP contribution in [0.25, 0.3) is 0 Å². The fourth-order valence-electron chi connectivity index (χ4n) is 3.75. The fourth-order valence-corrected chi connectivity index (χ4v) is 3.75. The largest absolute Gasteiger partial charge is 1.00 e. The summed E-state index contributed by atoms with van der Waals surface area (Å²) in [7, 11) is 0. The van der Waals surface area contributed by atoms with Gasteiger partial charge in [0.25, 0.3) is 0 Å². The van der Waals surface area contributed by atoms with Gasteiger partial charge in [-0.1, -0.05) is 71.1 Å². The van der Waals surface area contributed by atoms with Crippen LogP contribution < -0.4 is 40.0 Å². The monoisotopic (exact) mass is 601 g/mol. The molecule has 0 unspecified atom stereocenters. The maximum atomic E-state index is 10.2. The van der Waals surface area contributed by atoms with E-state index < -0.39 is 5.97 Å². The molecule has 0 amide bonds. The van der Waals surface area contributed by atoms with Gasteiger partial charge in [-0.05, 0) is 12.8 Å². The van der Waals surface area contributed by atoms with E-state index in [1.807, 2.05) is 0 Å². The van der Waals surface area contributed by atoms with Gasteiger partial charge in [-0.25, -0.2) is 0 Å². The Morgan fingerprint density at radius 3 is 1.15 bits per heavy atom. The van der Waals surface area contributed by atoms with Crippen LogP contribution in [0.3, 0.4) is 0 Å². The molecule has 0 saturated heterocycles. The third-order valence-corrected chi connectivity index (χ3v) is 6.05. The molecule has 0 atom stereocenters. The van der Waals surface area contributed by atoms with Crippen molar-refractivity contribution in [1.82, 2.24) is 5.32 Å². The van der Waals surface area contributed by atoms with Crippen molar-refractivity contribution in [2.75, 3.05) is 106 Å². The van der Waals surface area contributed by atoms with Gasteiger partial charge in [0, 0.05) is 25.7 Å². The van der Waals surface area contributed by atoms with Crippen molar-refractivity contribution in [3.63, 3.8) is 0 Å². The van der Waals surface area contributed by atoms with Crippen LogP contribution in [-0.2, 0) is 38.0 Å². The van der Waals surface area contributed by atoms with E-state index in [4.69, 9.17) is 33.2 Å². The van der Waals surface area contributed by atoms with E-state index in [0.29, 0.717) is 99.0 Å². The molecule has 0 spiro atoms. The predicted molar refractivity (Wildman–Crippen MR) is 155 cm³/mol. The molecule has 41 heavy (non-hydrogen) atoms. The van der Waals surface area contributed by atoms with Gasteiger partial charge < -0.3 is 48.4 Å². The van der Waals surface area contributed by atoms with Crippen LogP contribution in [0.1, 0.15) is 84.0 Å². The third kappa shape index (κ3) is 42.3. The second-order valence-electron chi connectivity index (χ2n) is 9.69. The zero-order chi connectivity index (χ0) is 29.0. The molecule has 0 bridgehead atoms. The first-order valence-electron chi connectivity index (χ1n) is 15.7. The normalized spacial score (nSPS) is 11.1. The average Bonchev–Trinajstić information content (AvgIpc) is 2.95. The first-order valence-corrected chi connectivity index (χ1v) is 15.7. The molecule has 0 aliphatic rings. The molecule has 0 heterocycles. The molecule has 0 rings (SSSR count). The summed E-state index contributed by atoms with van der Waals surface area (Å²) < 4.78 is 38.3. The minimum atomic E-state index is -1.05. The number of ether oxygens (including phenoxy) is 7. The van der Waals surface area contributed by atoms with Gasteiger partial charge in [0.05, 0.1) is 85.9 Å². The Morgan fingerprint density at radius 2 is 0.780 bits per heavy atom. The second-order valence-corrected chi connectivity index (χ2v) is 9.69. The molecule has 0 fully saturated rings. The minimum absolute atomic E-state index is 0. The van der Waals surface area contributed by atoms with Crippen molar-refractivity contribution < 1.29 is 72.6 Å². The van der Waals surface area contributed by atoms with Gasteiger partial charge in [0.1, 0.15) is 0 Å². The van der Waals surface area contributed by atoms with E-state index in [9.17, 15) is 9.90 Å². The topological polar surface area (TPSA) is 117 Å². The number of carboxylic acid groups (broad SMARTS) is 1. The van der Waals surface area contributed by atoms with Crippen molar-refractivity contribution in [1.29, 1.82) is 0 Å². The Kier molecular flexibility index (Phi) is 42.4. The molecule has 11 heteroatoms. The number of carboxylic acids is 1. The molecule has 10 nitrogen and oxygen atoms in total. The van der Waals surface area contributed by atoms with Crippen LogP contribution in [0.15, 0.2) is 0 Å². The number of hydrogen-bond acceptors (Lipinski definition) is 10. The Morgan fingerprint density at radius 1 is 0.463 bits per heavy atom. The summed E-state index contributed by atoms with van der Waals surface area (Å²) in [6, 6.07) is 0. The van der Waals surface area contributed by atoms with Gasteiger partial charge in [0.15, 0.2) is 0 Å². The molecule has 0 aliphatic carbocycles. The van der Waals surface area contributed by atoms with Gasteiger partial charge in [-0.2, -0.15) is 0 Å². The van der Waals surface area contributed by atoms with Crippen LogP contribution in [0.5, 0.6) is 0 Å². The molecule has 1 N–H and O–H groups in total. The first kappa shape index (κ1) is 43.3. The Bertz CT molecular complexity index is 493. The van der Waals surface area contributed by atoms with Crippen molar-refractivity contribution in [3.05, 3.63) is 0 Å². The molecule has 0 aromatic carbocycles. The van der Waals surface area contributed by atoms with E-state index in [-0.39, 0.29) is 36.0 Å². The first-order chi connectivity index (χ1) is 19.8. The number of aliphatic carboxylic acids is 1.